The van der Waals surface area contributed by atoms with Crippen molar-refractivity contribution in [2.45, 2.75) is 32.2 Å². The van der Waals surface area contributed by atoms with E-state index in [2.05, 4.69) is 25.5 Å². The van der Waals surface area contributed by atoms with E-state index in [-0.39, 0.29) is 25.5 Å². The number of hydrogen-bond acceptors (Lipinski definition) is 8. The lowest BCUT2D eigenvalue weighted by atomic mass is 10.1. The van der Waals surface area contributed by atoms with Crippen LogP contribution in [0.15, 0.2) is 48.8 Å². The lowest BCUT2D eigenvalue weighted by molar-refractivity contribution is -0.143. The van der Waals surface area contributed by atoms with Gasteiger partial charge in [0.05, 0.1) is 31.3 Å². The molecule has 9 nitrogen and oxygen atoms in total. The number of carbonyl (C=O) groups is 3. The molecule has 0 bridgehead atoms. The maximum atomic E-state index is 12.6. The second-order valence-corrected chi connectivity index (χ2v) is 8.54. The number of nitrogens with zero attached hydrogens (tertiary/aromatic N) is 2. The fourth-order valence-corrected chi connectivity index (χ4v) is 4.27. The second kappa shape index (κ2) is 12.8. The number of hydrazine groups is 1. The van der Waals surface area contributed by atoms with Crippen molar-refractivity contribution < 1.29 is 19.1 Å². The van der Waals surface area contributed by atoms with Crippen LogP contribution >= 0.6 is 11.9 Å². The normalized spacial score (nSPS) is 14.7. The highest BCUT2D eigenvalue weighted by Gasteiger charge is 2.20. The molecule has 1 aromatic heterocycles. The first kappa shape index (κ1) is 24.5. The van der Waals surface area contributed by atoms with E-state index >= 15 is 0 Å². The molecule has 1 saturated heterocycles. The van der Waals surface area contributed by atoms with Crippen LogP contribution in [-0.2, 0) is 14.3 Å². The third kappa shape index (κ3) is 8.07. The van der Waals surface area contributed by atoms with E-state index in [0.717, 1.165) is 24.4 Å². The predicted octanol–water partition coefficient (Wildman–Crippen LogP) is 2.69. The highest BCUT2D eigenvalue weighted by Crippen LogP contribution is 2.21. The number of anilines is 1. The van der Waals surface area contributed by atoms with Gasteiger partial charge in [-0.15, -0.1) is 0 Å². The molecule has 0 saturated carbocycles. The molecule has 2 amide bonds. The summed E-state index contributed by atoms with van der Waals surface area (Å²) in [6.07, 6.45) is 5.50. The van der Waals surface area contributed by atoms with E-state index in [1.807, 2.05) is 6.07 Å². The fraction of sp³-hybridized carbons (Fsp3) is 0.391. The highest BCUT2D eigenvalue weighted by molar-refractivity contribution is 7.97. The van der Waals surface area contributed by atoms with Crippen LogP contribution in [0.1, 0.15) is 48.1 Å². The summed E-state index contributed by atoms with van der Waals surface area (Å²) in [5, 5.41) is 5.41. The van der Waals surface area contributed by atoms with Crippen LogP contribution < -0.4 is 16.1 Å². The van der Waals surface area contributed by atoms with Crippen molar-refractivity contribution >= 4 is 35.4 Å². The van der Waals surface area contributed by atoms with Gasteiger partial charge in [-0.1, -0.05) is 24.1 Å². The smallest absolute Gasteiger partial charge is 0.308 e. The van der Waals surface area contributed by atoms with Crippen molar-refractivity contribution in [3.63, 3.8) is 0 Å². The molecule has 1 fully saturated rings. The molecular weight excluding hydrogens is 442 g/mol. The van der Waals surface area contributed by atoms with Crippen LogP contribution in [-0.4, -0.2) is 52.6 Å². The van der Waals surface area contributed by atoms with Crippen molar-refractivity contribution in [2.24, 2.45) is 0 Å². The average molecular weight is 472 g/mol. The van der Waals surface area contributed by atoms with Gasteiger partial charge in [0.15, 0.2) is 0 Å². The molecule has 1 unspecified atom stereocenters. The van der Waals surface area contributed by atoms with E-state index < -0.39 is 17.9 Å². The Morgan fingerprint density at radius 3 is 2.82 bits per heavy atom. The molecule has 10 heteroatoms. The maximum Gasteiger partial charge on any atom is 0.308 e. The molecule has 1 aromatic carbocycles. The maximum absolute atomic E-state index is 12.6. The number of pyridine rings is 1. The van der Waals surface area contributed by atoms with Crippen LogP contribution in [0.2, 0.25) is 0 Å². The molecule has 3 N–H and O–H groups in total. The number of carbonyl (C=O) groups excluding carboxylic acids is 3. The molecule has 0 radical (unpaired) electrons. The van der Waals surface area contributed by atoms with Crippen molar-refractivity contribution in [3.05, 3.63) is 59.9 Å². The minimum Gasteiger partial charge on any atom is -0.466 e. The van der Waals surface area contributed by atoms with Gasteiger partial charge in [-0.3, -0.25) is 19.4 Å². The Kier molecular flexibility index (Phi) is 9.52. The SMILES string of the molecule is CCOC(=O)CC(NC(=O)CNC(=O)c1cccc(NN2CCCCS2)c1)c1cccnc1. The third-order valence-corrected chi connectivity index (χ3v) is 5.95. The largest absolute Gasteiger partial charge is 0.466 e. The Bertz CT molecular complexity index is 937. The number of rotatable bonds is 10. The number of benzene rings is 1. The van der Waals surface area contributed by atoms with Gasteiger partial charge in [-0.2, -0.15) is 4.41 Å². The van der Waals surface area contributed by atoms with Crippen molar-refractivity contribution in [2.75, 3.05) is 30.9 Å². The minimum absolute atomic E-state index is 0.0263. The monoisotopic (exact) mass is 471 g/mol. The van der Waals surface area contributed by atoms with E-state index in [4.69, 9.17) is 4.74 Å². The number of esters is 1. The van der Waals surface area contributed by atoms with Gasteiger partial charge in [0.2, 0.25) is 5.91 Å². The third-order valence-electron chi connectivity index (χ3n) is 4.89. The summed E-state index contributed by atoms with van der Waals surface area (Å²) < 4.78 is 7.07. The molecule has 0 aliphatic carbocycles. The van der Waals surface area contributed by atoms with Crippen LogP contribution in [0.3, 0.4) is 0 Å². The molecular formula is C23H29N5O4S. The van der Waals surface area contributed by atoms with E-state index in [1.54, 1.807) is 61.6 Å². The number of hydrogen-bond donors (Lipinski definition) is 3. The van der Waals surface area contributed by atoms with E-state index in [1.165, 1.54) is 6.42 Å². The molecule has 3 rings (SSSR count). The molecule has 2 heterocycles. The van der Waals surface area contributed by atoms with Gasteiger partial charge in [0, 0.05) is 30.3 Å². The van der Waals surface area contributed by atoms with Gasteiger partial charge in [0.1, 0.15) is 0 Å². The second-order valence-electron chi connectivity index (χ2n) is 7.43. The summed E-state index contributed by atoms with van der Waals surface area (Å²) in [7, 11) is 0. The zero-order valence-electron chi connectivity index (χ0n) is 18.6. The summed E-state index contributed by atoms with van der Waals surface area (Å²) in [6.45, 7) is 2.69. The topological polar surface area (TPSA) is 113 Å². The fourth-order valence-electron chi connectivity index (χ4n) is 3.29. The Balaban J connectivity index is 1.54. The van der Waals surface area contributed by atoms with Crippen molar-refractivity contribution in [1.82, 2.24) is 20.0 Å². The first-order valence-corrected chi connectivity index (χ1v) is 11.9. The van der Waals surface area contributed by atoms with Crippen LogP contribution in [0.25, 0.3) is 0 Å². The first-order valence-electron chi connectivity index (χ1n) is 11.0. The van der Waals surface area contributed by atoms with Gasteiger partial charge < -0.3 is 20.8 Å². The van der Waals surface area contributed by atoms with Gasteiger partial charge >= 0.3 is 5.97 Å². The zero-order valence-corrected chi connectivity index (χ0v) is 19.4. The lowest BCUT2D eigenvalue weighted by Crippen LogP contribution is -2.39. The van der Waals surface area contributed by atoms with Crippen molar-refractivity contribution in [3.8, 4) is 0 Å². The zero-order chi connectivity index (χ0) is 23.5. The minimum atomic E-state index is -0.600. The molecule has 1 aliphatic rings. The number of aromatic nitrogens is 1. The first-order chi connectivity index (χ1) is 16.0. The predicted molar refractivity (Wildman–Crippen MR) is 127 cm³/mol. The van der Waals surface area contributed by atoms with Crippen LogP contribution in [0, 0.1) is 0 Å². The quantitative estimate of drug-likeness (QED) is 0.358. The average Bonchev–Trinajstić information content (AvgIpc) is 2.83. The Morgan fingerprint density at radius 2 is 2.09 bits per heavy atom. The number of ether oxygens (including phenoxy) is 1. The Morgan fingerprint density at radius 1 is 1.21 bits per heavy atom. The summed E-state index contributed by atoms with van der Waals surface area (Å²) >= 11 is 1.73. The molecule has 2 aromatic rings. The summed E-state index contributed by atoms with van der Waals surface area (Å²) in [6, 6.07) is 10.0. The molecule has 33 heavy (non-hydrogen) atoms. The molecule has 1 aliphatic heterocycles. The molecule has 1 atom stereocenters. The summed E-state index contributed by atoms with van der Waals surface area (Å²) in [5.74, 6) is -0.130. The van der Waals surface area contributed by atoms with Gasteiger partial charge in [-0.05, 0) is 49.6 Å². The Labute approximate surface area is 197 Å². The van der Waals surface area contributed by atoms with Gasteiger partial charge in [-0.25, -0.2) is 0 Å². The highest BCUT2D eigenvalue weighted by atomic mass is 32.2. The van der Waals surface area contributed by atoms with E-state index in [0.29, 0.717) is 11.1 Å². The van der Waals surface area contributed by atoms with Gasteiger partial charge in [0.25, 0.3) is 5.91 Å². The summed E-state index contributed by atoms with van der Waals surface area (Å²) in [4.78, 5) is 41.1. The molecule has 176 valence electrons. The lowest BCUT2D eigenvalue weighted by Gasteiger charge is -2.26. The van der Waals surface area contributed by atoms with Crippen LogP contribution in [0.5, 0.6) is 0 Å². The number of nitrogens with one attached hydrogen (secondary N) is 3. The van der Waals surface area contributed by atoms with Crippen molar-refractivity contribution in [1.29, 1.82) is 0 Å². The standard InChI is InChI=1S/C23H29N5O4S/c1-2-32-22(30)14-20(18-8-6-10-24-15-18)26-21(29)16-25-23(31)17-7-5-9-19(13-17)27-28-11-3-4-12-33-28/h5-10,13,15,20,27H,2-4,11-12,14,16H2,1H3,(H,25,31)(H,26,29). The molecule has 0 spiro atoms. The number of amides is 2. The van der Waals surface area contributed by atoms with E-state index in [9.17, 15) is 14.4 Å². The Hall–Kier alpha value is -3.11. The summed E-state index contributed by atoms with van der Waals surface area (Å²) in [5.41, 5.74) is 5.24. The van der Waals surface area contributed by atoms with Crippen LogP contribution in [0.4, 0.5) is 5.69 Å².